The van der Waals surface area contributed by atoms with Gasteiger partial charge in [-0.05, 0) is 44.5 Å². The number of carbonyl (C=O) groups is 3. The van der Waals surface area contributed by atoms with Crippen molar-refractivity contribution in [1.82, 2.24) is 9.78 Å². The van der Waals surface area contributed by atoms with Gasteiger partial charge in [-0.3, -0.25) is 9.59 Å². The summed E-state index contributed by atoms with van der Waals surface area (Å²) in [6, 6.07) is 4.24. The lowest BCUT2D eigenvalue weighted by Crippen LogP contribution is -2.18. The van der Waals surface area contributed by atoms with Crippen molar-refractivity contribution in [2.45, 2.75) is 33.6 Å². The molecule has 0 spiro atoms. The molecule has 2 heterocycles. The Hall–Kier alpha value is -3.80. The van der Waals surface area contributed by atoms with Gasteiger partial charge in [0.2, 0.25) is 0 Å². The smallest absolute Gasteiger partial charge is 0.341 e. The molecule has 33 heavy (non-hydrogen) atoms. The van der Waals surface area contributed by atoms with Gasteiger partial charge in [-0.25, -0.2) is 18.3 Å². The molecule has 174 valence electrons. The topological polar surface area (TPSA) is 126 Å². The highest BCUT2D eigenvalue weighted by Crippen LogP contribution is 2.34. The first kappa shape index (κ1) is 23.9. The van der Waals surface area contributed by atoms with Crippen LogP contribution in [0, 0.1) is 18.6 Å². The molecular formula is C21H20F2N4O5S. The number of anilines is 1. The fraction of sp³-hybridized carbons (Fsp3) is 0.238. The molecule has 0 radical (unpaired) electrons. The van der Waals surface area contributed by atoms with Gasteiger partial charge in [0.15, 0.2) is 24.0 Å². The van der Waals surface area contributed by atoms with Crippen molar-refractivity contribution in [1.29, 1.82) is 0 Å². The zero-order valence-electron chi connectivity index (χ0n) is 17.8. The highest BCUT2D eigenvalue weighted by molar-refractivity contribution is 7.18. The van der Waals surface area contributed by atoms with Crippen LogP contribution in [0.5, 0.6) is 5.75 Å². The molecule has 3 rings (SSSR count). The quantitative estimate of drug-likeness (QED) is 0.478. The van der Waals surface area contributed by atoms with E-state index in [0.717, 1.165) is 23.5 Å². The third-order valence-electron chi connectivity index (χ3n) is 4.26. The molecule has 0 aliphatic rings. The predicted molar refractivity (Wildman–Crippen MR) is 115 cm³/mol. The normalized spacial score (nSPS) is 10.8. The van der Waals surface area contributed by atoms with Crippen LogP contribution in [0.15, 0.2) is 30.5 Å². The molecule has 12 heteroatoms. The lowest BCUT2D eigenvalue weighted by atomic mass is 10.1. The van der Waals surface area contributed by atoms with Crippen LogP contribution in [0.2, 0.25) is 0 Å². The summed E-state index contributed by atoms with van der Waals surface area (Å²) in [5.41, 5.74) is 5.67. The fourth-order valence-electron chi connectivity index (χ4n) is 2.81. The number of benzene rings is 1. The number of nitrogens with zero attached hydrogens (tertiary/aromatic N) is 2. The summed E-state index contributed by atoms with van der Waals surface area (Å²) in [5, 5.41) is 6.68. The van der Waals surface area contributed by atoms with Gasteiger partial charge in [-0.2, -0.15) is 5.10 Å². The number of hydrogen-bond donors (Lipinski definition) is 2. The molecule has 0 unspecified atom stereocenters. The Morgan fingerprint density at radius 3 is 2.61 bits per heavy atom. The fourth-order valence-corrected chi connectivity index (χ4v) is 3.85. The molecule has 0 aliphatic heterocycles. The van der Waals surface area contributed by atoms with Crippen LogP contribution in [-0.4, -0.2) is 33.7 Å². The van der Waals surface area contributed by atoms with E-state index in [1.807, 2.05) is 0 Å². The summed E-state index contributed by atoms with van der Waals surface area (Å²) in [4.78, 5) is 37.0. The molecule has 0 saturated carbocycles. The van der Waals surface area contributed by atoms with E-state index in [1.165, 1.54) is 23.9 Å². The standard InChI is InChI=1S/C21H20F2N4O5S/c1-10(2)32-21(30)16-11(3)17(18(24)28)33-20(16)25-19(29)14-6-7-27(26-14)9-31-15-5-4-12(22)8-13(15)23/h4-8,10H,9H2,1-3H3,(H2,24,28)(H,25,29). The number of halogens is 2. The van der Waals surface area contributed by atoms with Gasteiger partial charge in [-0.1, -0.05) is 0 Å². The minimum absolute atomic E-state index is 0.0328. The second kappa shape index (κ2) is 9.77. The number of esters is 1. The molecular weight excluding hydrogens is 458 g/mol. The highest BCUT2D eigenvalue weighted by Gasteiger charge is 2.27. The average molecular weight is 478 g/mol. The molecule has 2 amide bonds. The van der Waals surface area contributed by atoms with E-state index in [0.29, 0.717) is 11.6 Å². The Bertz CT molecular complexity index is 1220. The lowest BCUT2D eigenvalue weighted by molar-refractivity contribution is 0.0379. The average Bonchev–Trinajstić information content (AvgIpc) is 3.31. The van der Waals surface area contributed by atoms with Crippen molar-refractivity contribution in [2.75, 3.05) is 5.32 Å². The van der Waals surface area contributed by atoms with Gasteiger partial charge in [0.25, 0.3) is 11.8 Å². The molecule has 0 bridgehead atoms. The van der Waals surface area contributed by atoms with Crippen LogP contribution in [-0.2, 0) is 11.5 Å². The molecule has 0 aliphatic carbocycles. The highest BCUT2D eigenvalue weighted by atomic mass is 32.1. The SMILES string of the molecule is Cc1c(C(N)=O)sc(NC(=O)c2ccn(COc3ccc(F)cc3F)n2)c1C(=O)OC(C)C. The van der Waals surface area contributed by atoms with Crippen LogP contribution in [0.1, 0.15) is 49.9 Å². The largest absolute Gasteiger partial charge is 0.468 e. The van der Waals surface area contributed by atoms with Gasteiger partial charge in [-0.15, -0.1) is 11.3 Å². The number of carbonyl (C=O) groups excluding carboxylic acids is 3. The number of aromatic nitrogens is 2. The molecule has 9 nitrogen and oxygen atoms in total. The number of primary amides is 1. The van der Waals surface area contributed by atoms with Crippen LogP contribution in [0.25, 0.3) is 0 Å². The van der Waals surface area contributed by atoms with Crippen LogP contribution in [0.4, 0.5) is 13.8 Å². The number of nitrogens with two attached hydrogens (primary N) is 1. The number of rotatable bonds is 8. The van der Waals surface area contributed by atoms with Crippen molar-refractivity contribution in [3.8, 4) is 5.75 Å². The van der Waals surface area contributed by atoms with Crippen LogP contribution >= 0.6 is 11.3 Å². The van der Waals surface area contributed by atoms with E-state index in [9.17, 15) is 23.2 Å². The number of thiophene rings is 1. The predicted octanol–water partition coefficient (Wildman–Crippen LogP) is 3.48. The van der Waals surface area contributed by atoms with E-state index in [4.69, 9.17) is 15.2 Å². The molecule has 0 atom stereocenters. The zero-order valence-corrected chi connectivity index (χ0v) is 18.7. The summed E-state index contributed by atoms with van der Waals surface area (Å²) in [5.74, 6) is -3.92. The molecule has 3 N–H and O–H groups in total. The van der Waals surface area contributed by atoms with Crippen molar-refractivity contribution in [2.24, 2.45) is 5.73 Å². The number of amides is 2. The maximum atomic E-state index is 13.7. The first-order chi connectivity index (χ1) is 15.6. The van der Waals surface area contributed by atoms with Crippen LogP contribution < -0.4 is 15.8 Å². The molecule has 0 saturated heterocycles. The second-order valence-electron chi connectivity index (χ2n) is 7.12. The summed E-state index contributed by atoms with van der Waals surface area (Å²) in [7, 11) is 0. The van der Waals surface area contributed by atoms with Crippen molar-refractivity contribution < 1.29 is 32.6 Å². The summed E-state index contributed by atoms with van der Waals surface area (Å²) < 4.78 is 38.3. The number of hydrogen-bond acceptors (Lipinski definition) is 7. The van der Waals surface area contributed by atoms with Gasteiger partial charge < -0.3 is 20.5 Å². The molecule has 3 aromatic rings. The molecule has 0 fully saturated rings. The Balaban J connectivity index is 1.76. The van der Waals surface area contributed by atoms with Gasteiger partial charge in [0.05, 0.1) is 16.5 Å². The van der Waals surface area contributed by atoms with Crippen molar-refractivity contribution in [3.63, 3.8) is 0 Å². The van der Waals surface area contributed by atoms with E-state index in [1.54, 1.807) is 13.8 Å². The minimum Gasteiger partial charge on any atom is -0.468 e. The first-order valence-corrected chi connectivity index (χ1v) is 10.4. The van der Waals surface area contributed by atoms with Crippen LogP contribution in [0.3, 0.4) is 0 Å². The van der Waals surface area contributed by atoms with Crippen molar-refractivity contribution >= 4 is 34.1 Å². The Morgan fingerprint density at radius 1 is 1.24 bits per heavy atom. The third kappa shape index (κ3) is 5.52. The Labute approximate surface area is 191 Å². The number of nitrogens with one attached hydrogen (secondary N) is 1. The van der Waals surface area contributed by atoms with E-state index in [2.05, 4.69) is 10.4 Å². The summed E-state index contributed by atoms with van der Waals surface area (Å²) >= 11 is 0.851. The maximum absolute atomic E-state index is 13.7. The second-order valence-corrected chi connectivity index (χ2v) is 8.14. The monoisotopic (exact) mass is 478 g/mol. The molecule has 2 aromatic heterocycles. The maximum Gasteiger partial charge on any atom is 0.341 e. The van der Waals surface area contributed by atoms with Gasteiger partial charge >= 0.3 is 5.97 Å². The third-order valence-corrected chi connectivity index (χ3v) is 5.49. The minimum atomic E-state index is -0.876. The van der Waals surface area contributed by atoms with E-state index < -0.39 is 35.5 Å². The Morgan fingerprint density at radius 2 is 1.97 bits per heavy atom. The van der Waals surface area contributed by atoms with Crippen molar-refractivity contribution in [3.05, 3.63) is 63.8 Å². The summed E-state index contributed by atoms with van der Waals surface area (Å²) in [6.07, 6.45) is 0.998. The lowest BCUT2D eigenvalue weighted by Gasteiger charge is -2.10. The van der Waals surface area contributed by atoms with E-state index in [-0.39, 0.29) is 33.6 Å². The molecule has 1 aromatic carbocycles. The first-order valence-electron chi connectivity index (χ1n) is 9.63. The van der Waals surface area contributed by atoms with Gasteiger partial charge in [0.1, 0.15) is 10.8 Å². The van der Waals surface area contributed by atoms with Gasteiger partial charge in [0, 0.05) is 12.3 Å². The zero-order chi connectivity index (χ0) is 24.3. The van der Waals surface area contributed by atoms with E-state index >= 15 is 0 Å². The number of ether oxygens (including phenoxy) is 2. The summed E-state index contributed by atoms with van der Waals surface area (Å²) in [6.45, 7) is 4.62. The Kier molecular flexibility index (Phi) is 7.07.